The average Bonchev–Trinajstić information content (AvgIpc) is 2.70. The van der Waals surface area contributed by atoms with E-state index in [1.165, 1.54) is 18.3 Å². The van der Waals surface area contributed by atoms with Crippen molar-refractivity contribution in [2.75, 3.05) is 5.32 Å². The van der Waals surface area contributed by atoms with Gasteiger partial charge >= 0.3 is 6.18 Å². The maximum absolute atomic E-state index is 12.8. The molecule has 3 nitrogen and oxygen atoms in total. The van der Waals surface area contributed by atoms with E-state index in [1.54, 1.807) is 13.0 Å². The van der Waals surface area contributed by atoms with Crippen LogP contribution in [0.2, 0.25) is 5.15 Å². The molecule has 0 aliphatic carbocycles. The minimum atomic E-state index is -4.46. The molecule has 0 radical (unpaired) electrons. The van der Waals surface area contributed by atoms with Gasteiger partial charge in [-0.2, -0.15) is 13.2 Å². The molecule has 0 spiro atoms. The highest BCUT2D eigenvalue weighted by atomic mass is 35.5. The van der Waals surface area contributed by atoms with Crippen LogP contribution >= 0.6 is 11.6 Å². The predicted molar refractivity (Wildman–Crippen MR) is 75.8 cm³/mol. The highest BCUT2D eigenvalue weighted by molar-refractivity contribution is 6.29. The topological polar surface area (TPSA) is 42.0 Å². The van der Waals surface area contributed by atoms with Crippen LogP contribution in [0.25, 0.3) is 0 Å². The Morgan fingerprint density at radius 2 is 1.95 bits per heavy atom. The molecular formula is C15H10ClF3N2O. The summed E-state index contributed by atoms with van der Waals surface area (Å²) in [7, 11) is 0. The molecule has 2 heterocycles. The van der Waals surface area contributed by atoms with Gasteiger partial charge < -0.3 is 5.32 Å². The highest BCUT2D eigenvalue weighted by Gasteiger charge is 2.45. The van der Waals surface area contributed by atoms with Crippen LogP contribution < -0.4 is 5.32 Å². The SMILES string of the molecule is C[C@@]1(c2ccnc(Cl)c2)C(=O)Nc2cc(C(F)(F)F)ccc21. The molecule has 1 aliphatic rings. The summed E-state index contributed by atoms with van der Waals surface area (Å²) in [6, 6.07) is 6.40. The number of pyridine rings is 1. The van der Waals surface area contributed by atoms with Gasteiger partial charge in [-0.25, -0.2) is 4.98 Å². The van der Waals surface area contributed by atoms with Crippen molar-refractivity contribution < 1.29 is 18.0 Å². The van der Waals surface area contributed by atoms with Gasteiger partial charge in [0.05, 0.1) is 11.0 Å². The molecule has 0 saturated carbocycles. The molecule has 0 fully saturated rings. The Labute approximate surface area is 129 Å². The molecule has 0 unspecified atom stereocenters. The Morgan fingerprint density at radius 3 is 2.59 bits per heavy atom. The molecule has 1 aliphatic heterocycles. The number of fused-ring (bicyclic) bond motifs is 1. The standard InChI is InChI=1S/C15H10ClF3N2O/c1-14(8-4-5-20-12(16)7-8)10-3-2-9(15(17,18)19)6-11(10)21-13(14)22/h2-7H,1H3,(H,21,22)/t14-/m0/s1. The first kappa shape index (κ1) is 14.8. The van der Waals surface area contributed by atoms with E-state index in [-0.39, 0.29) is 10.8 Å². The number of nitrogens with zero attached hydrogens (tertiary/aromatic N) is 1. The van der Waals surface area contributed by atoms with Crippen LogP contribution in [-0.2, 0) is 16.4 Å². The summed E-state index contributed by atoms with van der Waals surface area (Å²) >= 11 is 5.85. The van der Waals surface area contributed by atoms with Crippen LogP contribution in [0.3, 0.4) is 0 Å². The fraction of sp³-hybridized carbons (Fsp3) is 0.200. The lowest BCUT2D eigenvalue weighted by Crippen LogP contribution is -2.32. The summed E-state index contributed by atoms with van der Waals surface area (Å²) in [5, 5.41) is 2.73. The summed E-state index contributed by atoms with van der Waals surface area (Å²) in [4.78, 5) is 16.2. The van der Waals surface area contributed by atoms with Crippen LogP contribution in [0, 0.1) is 0 Å². The van der Waals surface area contributed by atoms with Crippen molar-refractivity contribution in [2.24, 2.45) is 0 Å². The van der Waals surface area contributed by atoms with E-state index in [2.05, 4.69) is 10.3 Å². The maximum atomic E-state index is 12.8. The zero-order valence-corrected chi connectivity index (χ0v) is 12.1. The van der Waals surface area contributed by atoms with Gasteiger partial charge in [-0.3, -0.25) is 4.79 Å². The number of carbonyl (C=O) groups is 1. The fourth-order valence-electron chi connectivity index (χ4n) is 2.63. The molecule has 1 atom stereocenters. The van der Waals surface area contributed by atoms with Crippen molar-refractivity contribution in [3.05, 3.63) is 58.4 Å². The summed E-state index contributed by atoms with van der Waals surface area (Å²) in [6.45, 7) is 1.65. The molecule has 7 heteroatoms. The zero-order chi connectivity index (χ0) is 16.1. The van der Waals surface area contributed by atoms with E-state index in [9.17, 15) is 18.0 Å². The normalized spacial score (nSPS) is 20.7. The lowest BCUT2D eigenvalue weighted by Gasteiger charge is -2.23. The summed E-state index contributed by atoms with van der Waals surface area (Å²) in [6.07, 6.45) is -3.00. The molecule has 1 amide bonds. The molecule has 0 saturated heterocycles. The number of hydrogen-bond donors (Lipinski definition) is 1. The van der Waals surface area contributed by atoms with Crippen molar-refractivity contribution >= 4 is 23.2 Å². The van der Waals surface area contributed by atoms with Crippen molar-refractivity contribution in [3.8, 4) is 0 Å². The van der Waals surface area contributed by atoms with Crippen molar-refractivity contribution in [2.45, 2.75) is 18.5 Å². The van der Waals surface area contributed by atoms with Gasteiger partial charge in [-0.15, -0.1) is 0 Å². The number of benzene rings is 1. The number of halogens is 4. The van der Waals surface area contributed by atoms with Crippen molar-refractivity contribution in [1.82, 2.24) is 4.98 Å². The van der Waals surface area contributed by atoms with Gasteiger partial charge in [0.25, 0.3) is 0 Å². The van der Waals surface area contributed by atoms with Gasteiger partial charge in [-0.1, -0.05) is 17.7 Å². The van der Waals surface area contributed by atoms with E-state index in [0.717, 1.165) is 12.1 Å². The smallest absolute Gasteiger partial charge is 0.325 e. The van der Waals surface area contributed by atoms with E-state index in [1.807, 2.05) is 0 Å². The molecule has 3 rings (SSSR count). The van der Waals surface area contributed by atoms with Gasteiger partial charge in [0.1, 0.15) is 5.15 Å². The van der Waals surface area contributed by atoms with Crippen LogP contribution in [0.4, 0.5) is 18.9 Å². The Bertz CT molecular complexity index is 776. The molecule has 2 aromatic rings. The van der Waals surface area contributed by atoms with Crippen LogP contribution in [0.15, 0.2) is 36.5 Å². The first-order chi connectivity index (χ1) is 10.2. The van der Waals surface area contributed by atoms with E-state index < -0.39 is 23.1 Å². The zero-order valence-electron chi connectivity index (χ0n) is 11.3. The Hall–Kier alpha value is -2.08. The number of hydrogen-bond acceptors (Lipinski definition) is 2. The van der Waals surface area contributed by atoms with Gasteiger partial charge in [0.15, 0.2) is 0 Å². The minimum absolute atomic E-state index is 0.162. The second-order valence-corrected chi connectivity index (χ2v) is 5.59. The first-order valence-electron chi connectivity index (χ1n) is 6.38. The van der Waals surface area contributed by atoms with Gasteiger partial charge in [-0.05, 0) is 42.3 Å². The second-order valence-electron chi connectivity index (χ2n) is 5.20. The number of alkyl halides is 3. The third-order valence-electron chi connectivity index (χ3n) is 3.89. The Morgan fingerprint density at radius 1 is 1.23 bits per heavy atom. The molecule has 1 N–H and O–H groups in total. The number of nitrogens with one attached hydrogen (secondary N) is 1. The quantitative estimate of drug-likeness (QED) is 0.804. The monoisotopic (exact) mass is 326 g/mol. The highest BCUT2D eigenvalue weighted by Crippen LogP contribution is 2.44. The number of amides is 1. The van der Waals surface area contributed by atoms with Crippen molar-refractivity contribution in [3.63, 3.8) is 0 Å². The van der Waals surface area contributed by atoms with Gasteiger partial charge in [0, 0.05) is 11.9 Å². The molecular weight excluding hydrogens is 317 g/mol. The van der Waals surface area contributed by atoms with Crippen LogP contribution in [-0.4, -0.2) is 10.9 Å². The van der Waals surface area contributed by atoms with E-state index >= 15 is 0 Å². The number of carbonyl (C=O) groups excluding carboxylic acids is 1. The Kier molecular flexibility index (Phi) is 3.18. The fourth-order valence-corrected chi connectivity index (χ4v) is 2.80. The number of aromatic nitrogens is 1. The minimum Gasteiger partial charge on any atom is -0.325 e. The summed E-state index contributed by atoms with van der Waals surface area (Å²) < 4.78 is 38.4. The summed E-state index contributed by atoms with van der Waals surface area (Å²) in [5.74, 6) is -0.399. The molecule has 1 aromatic heterocycles. The number of anilines is 1. The maximum Gasteiger partial charge on any atom is 0.416 e. The molecule has 0 bridgehead atoms. The van der Waals surface area contributed by atoms with E-state index in [4.69, 9.17) is 11.6 Å². The average molecular weight is 327 g/mol. The van der Waals surface area contributed by atoms with Crippen LogP contribution in [0.5, 0.6) is 0 Å². The third-order valence-corrected chi connectivity index (χ3v) is 4.10. The Balaban J connectivity index is 2.16. The van der Waals surface area contributed by atoms with E-state index in [0.29, 0.717) is 11.1 Å². The lowest BCUT2D eigenvalue weighted by atomic mass is 9.77. The number of rotatable bonds is 1. The second kappa shape index (κ2) is 4.71. The lowest BCUT2D eigenvalue weighted by molar-refractivity contribution is -0.137. The van der Waals surface area contributed by atoms with Crippen LogP contribution in [0.1, 0.15) is 23.6 Å². The van der Waals surface area contributed by atoms with Crippen molar-refractivity contribution in [1.29, 1.82) is 0 Å². The predicted octanol–water partition coefficient (Wildman–Crippen LogP) is 4.01. The largest absolute Gasteiger partial charge is 0.416 e. The molecule has 22 heavy (non-hydrogen) atoms. The summed E-state index contributed by atoms with van der Waals surface area (Å²) in [5.41, 5.74) is -0.693. The third kappa shape index (κ3) is 2.14. The van der Waals surface area contributed by atoms with Gasteiger partial charge in [0.2, 0.25) is 5.91 Å². The first-order valence-corrected chi connectivity index (χ1v) is 6.76. The molecule has 1 aromatic carbocycles. The molecule has 114 valence electrons.